The summed E-state index contributed by atoms with van der Waals surface area (Å²) >= 11 is 0. The van der Waals surface area contributed by atoms with Gasteiger partial charge < -0.3 is 10.2 Å². The van der Waals surface area contributed by atoms with E-state index < -0.39 is 0 Å². The molecule has 0 saturated carbocycles. The van der Waals surface area contributed by atoms with Crippen LogP contribution in [0.2, 0.25) is 0 Å². The van der Waals surface area contributed by atoms with Gasteiger partial charge in [-0.1, -0.05) is 56.7 Å². The van der Waals surface area contributed by atoms with Gasteiger partial charge in [0.15, 0.2) is 0 Å². The third kappa shape index (κ3) is 4.61. The molecule has 1 aliphatic heterocycles. The van der Waals surface area contributed by atoms with Crippen molar-refractivity contribution in [1.29, 1.82) is 0 Å². The second kappa shape index (κ2) is 8.17. The van der Waals surface area contributed by atoms with Crippen molar-refractivity contribution >= 4 is 17.5 Å². The maximum Gasteiger partial charge on any atom is 0.253 e. The minimum Gasteiger partial charge on any atom is -0.339 e. The molecule has 0 radical (unpaired) electrons. The second-order valence-electron chi connectivity index (χ2n) is 8.72. The maximum atomic E-state index is 12.8. The van der Waals surface area contributed by atoms with Crippen LogP contribution in [-0.2, 0) is 10.2 Å². The Kier molecular flexibility index (Phi) is 5.87. The summed E-state index contributed by atoms with van der Waals surface area (Å²) in [6.07, 6.45) is 1.39. The van der Waals surface area contributed by atoms with Crippen LogP contribution in [0.4, 0.5) is 5.69 Å². The Balaban J connectivity index is 1.61. The van der Waals surface area contributed by atoms with E-state index >= 15 is 0 Å². The van der Waals surface area contributed by atoms with Crippen molar-refractivity contribution in [2.75, 3.05) is 18.4 Å². The van der Waals surface area contributed by atoms with Gasteiger partial charge in [0.25, 0.3) is 5.91 Å². The molecule has 1 aliphatic rings. The molecule has 1 heterocycles. The normalized spacial score (nSPS) is 15.4. The molecule has 0 aliphatic carbocycles. The smallest absolute Gasteiger partial charge is 0.253 e. The van der Waals surface area contributed by atoms with Crippen LogP contribution in [0.5, 0.6) is 0 Å². The first kappa shape index (κ1) is 20.1. The van der Waals surface area contributed by atoms with E-state index in [2.05, 4.69) is 32.2 Å². The molecule has 2 amide bonds. The second-order valence-corrected chi connectivity index (χ2v) is 8.72. The zero-order valence-corrected chi connectivity index (χ0v) is 17.3. The van der Waals surface area contributed by atoms with Crippen LogP contribution in [0.15, 0.2) is 48.5 Å². The van der Waals surface area contributed by atoms with Gasteiger partial charge in [-0.15, -0.1) is 0 Å². The zero-order chi connectivity index (χ0) is 20.3. The lowest BCUT2D eigenvalue weighted by Crippen LogP contribution is -2.41. The van der Waals surface area contributed by atoms with E-state index in [0.29, 0.717) is 25.9 Å². The highest BCUT2D eigenvalue weighted by Gasteiger charge is 2.29. The van der Waals surface area contributed by atoms with Crippen LogP contribution in [-0.4, -0.2) is 29.8 Å². The van der Waals surface area contributed by atoms with Crippen molar-refractivity contribution in [2.24, 2.45) is 5.92 Å². The van der Waals surface area contributed by atoms with E-state index in [1.165, 1.54) is 0 Å². The number of rotatable bonds is 3. The van der Waals surface area contributed by atoms with Crippen LogP contribution in [0.3, 0.4) is 0 Å². The van der Waals surface area contributed by atoms with E-state index in [-0.39, 0.29) is 23.1 Å². The highest BCUT2D eigenvalue weighted by Crippen LogP contribution is 2.30. The molecule has 4 nitrogen and oxygen atoms in total. The van der Waals surface area contributed by atoms with Crippen LogP contribution in [0, 0.1) is 12.8 Å². The fraction of sp³-hybridized carbons (Fsp3) is 0.417. The average Bonchev–Trinajstić information content (AvgIpc) is 2.67. The van der Waals surface area contributed by atoms with E-state index in [9.17, 15) is 9.59 Å². The number of para-hydroxylation sites is 1. The van der Waals surface area contributed by atoms with Gasteiger partial charge in [-0.25, -0.2) is 0 Å². The van der Waals surface area contributed by atoms with Crippen molar-refractivity contribution in [1.82, 2.24) is 4.90 Å². The maximum absolute atomic E-state index is 12.8. The Morgan fingerprint density at radius 3 is 2.32 bits per heavy atom. The SMILES string of the molecule is Cc1cccc(C(=O)N2CCC(C(=O)Nc3ccccc3C(C)(C)C)CC2)c1. The van der Waals surface area contributed by atoms with Crippen molar-refractivity contribution in [3.05, 3.63) is 65.2 Å². The molecule has 2 aromatic rings. The average molecular weight is 379 g/mol. The molecule has 0 atom stereocenters. The Hall–Kier alpha value is -2.62. The zero-order valence-electron chi connectivity index (χ0n) is 17.3. The first-order valence-electron chi connectivity index (χ1n) is 10.0. The lowest BCUT2D eigenvalue weighted by Gasteiger charge is -2.32. The van der Waals surface area contributed by atoms with E-state index in [1.54, 1.807) is 0 Å². The summed E-state index contributed by atoms with van der Waals surface area (Å²) < 4.78 is 0. The van der Waals surface area contributed by atoms with Gasteiger partial charge in [-0.05, 0) is 48.9 Å². The fourth-order valence-corrected chi connectivity index (χ4v) is 3.79. The van der Waals surface area contributed by atoms with Crippen molar-refractivity contribution < 1.29 is 9.59 Å². The summed E-state index contributed by atoms with van der Waals surface area (Å²) in [4.78, 5) is 27.4. The van der Waals surface area contributed by atoms with Crippen LogP contribution in [0.1, 0.15) is 55.1 Å². The van der Waals surface area contributed by atoms with Crippen molar-refractivity contribution in [2.45, 2.75) is 46.0 Å². The van der Waals surface area contributed by atoms with Crippen LogP contribution >= 0.6 is 0 Å². The Labute approximate surface area is 167 Å². The number of carbonyl (C=O) groups excluding carboxylic acids is 2. The monoisotopic (exact) mass is 378 g/mol. The van der Waals surface area contributed by atoms with Crippen LogP contribution < -0.4 is 5.32 Å². The highest BCUT2D eigenvalue weighted by atomic mass is 16.2. The van der Waals surface area contributed by atoms with Gasteiger partial charge in [0.2, 0.25) is 5.91 Å². The predicted octanol–water partition coefficient (Wildman–Crippen LogP) is 4.78. The number of likely N-dealkylation sites (tertiary alicyclic amines) is 1. The number of benzene rings is 2. The fourth-order valence-electron chi connectivity index (χ4n) is 3.79. The number of carbonyl (C=O) groups is 2. The number of amides is 2. The summed E-state index contributed by atoms with van der Waals surface area (Å²) in [6.45, 7) is 9.66. The summed E-state index contributed by atoms with van der Waals surface area (Å²) in [5.41, 5.74) is 3.79. The van der Waals surface area contributed by atoms with Gasteiger partial charge in [-0.2, -0.15) is 0 Å². The lowest BCUT2D eigenvalue weighted by molar-refractivity contribution is -0.121. The molecule has 2 aromatic carbocycles. The standard InChI is InChI=1S/C24H30N2O2/c1-17-8-7-9-19(16-17)23(28)26-14-12-18(13-15-26)22(27)25-21-11-6-5-10-20(21)24(2,3)4/h5-11,16,18H,12-15H2,1-4H3,(H,25,27). The molecule has 0 unspecified atom stereocenters. The first-order valence-corrected chi connectivity index (χ1v) is 10.0. The van der Waals surface area contributed by atoms with Gasteiger partial charge in [0, 0.05) is 30.3 Å². The lowest BCUT2D eigenvalue weighted by atomic mass is 9.85. The molecule has 3 rings (SSSR count). The largest absolute Gasteiger partial charge is 0.339 e. The summed E-state index contributed by atoms with van der Waals surface area (Å²) in [6, 6.07) is 15.7. The molecular weight excluding hydrogens is 348 g/mol. The topological polar surface area (TPSA) is 49.4 Å². The summed E-state index contributed by atoms with van der Waals surface area (Å²) in [5.74, 6) is 0.0505. The Bertz CT molecular complexity index is 859. The third-order valence-electron chi connectivity index (χ3n) is 5.41. The number of aryl methyl sites for hydroxylation is 1. The Morgan fingerprint density at radius 1 is 1.00 bits per heavy atom. The minimum absolute atomic E-state index is 0.0343. The molecule has 0 spiro atoms. The molecule has 1 N–H and O–H groups in total. The molecule has 0 bridgehead atoms. The number of anilines is 1. The number of hydrogen-bond donors (Lipinski definition) is 1. The quantitative estimate of drug-likeness (QED) is 0.835. The number of piperidine rings is 1. The minimum atomic E-state index is -0.0606. The van der Waals surface area contributed by atoms with Crippen LogP contribution in [0.25, 0.3) is 0 Å². The van der Waals surface area contributed by atoms with Gasteiger partial charge in [-0.3, -0.25) is 9.59 Å². The van der Waals surface area contributed by atoms with Gasteiger partial charge in [0.05, 0.1) is 0 Å². The highest BCUT2D eigenvalue weighted by molar-refractivity contribution is 5.95. The molecule has 4 heteroatoms. The van der Waals surface area contributed by atoms with Gasteiger partial charge >= 0.3 is 0 Å². The predicted molar refractivity (Wildman–Crippen MR) is 114 cm³/mol. The molecule has 1 saturated heterocycles. The molecular formula is C24H30N2O2. The van der Waals surface area contributed by atoms with E-state index in [0.717, 1.165) is 22.4 Å². The number of nitrogens with one attached hydrogen (secondary N) is 1. The van der Waals surface area contributed by atoms with Crippen molar-refractivity contribution in [3.8, 4) is 0 Å². The number of nitrogens with zero attached hydrogens (tertiary/aromatic N) is 1. The third-order valence-corrected chi connectivity index (χ3v) is 5.41. The van der Waals surface area contributed by atoms with Crippen molar-refractivity contribution in [3.63, 3.8) is 0 Å². The van der Waals surface area contributed by atoms with E-state index in [1.807, 2.05) is 54.3 Å². The first-order chi connectivity index (χ1) is 13.3. The number of hydrogen-bond acceptors (Lipinski definition) is 2. The molecule has 148 valence electrons. The summed E-state index contributed by atoms with van der Waals surface area (Å²) in [5, 5.41) is 3.13. The summed E-state index contributed by atoms with van der Waals surface area (Å²) in [7, 11) is 0. The van der Waals surface area contributed by atoms with Gasteiger partial charge in [0.1, 0.15) is 0 Å². The molecule has 1 fully saturated rings. The van der Waals surface area contributed by atoms with E-state index in [4.69, 9.17) is 0 Å². The molecule has 28 heavy (non-hydrogen) atoms. The Morgan fingerprint density at radius 2 is 1.68 bits per heavy atom. The molecule has 0 aromatic heterocycles.